The van der Waals surface area contributed by atoms with E-state index in [2.05, 4.69) is 24.0 Å². The Bertz CT molecular complexity index is 499. The monoisotopic (exact) mass is 310 g/mol. The van der Waals surface area contributed by atoms with Gasteiger partial charge in [0.1, 0.15) is 0 Å². The number of nitrogens with zero attached hydrogens (tertiary/aromatic N) is 3. The Labute approximate surface area is 132 Å². The first-order chi connectivity index (χ1) is 10.0. The van der Waals surface area contributed by atoms with Crippen molar-refractivity contribution in [2.75, 3.05) is 7.05 Å². The van der Waals surface area contributed by atoms with Gasteiger partial charge in [0.15, 0.2) is 0 Å². The molecule has 3 heterocycles. The molecule has 0 saturated carbocycles. The van der Waals surface area contributed by atoms with Crippen LogP contribution in [0.1, 0.15) is 44.0 Å². The molecule has 0 aromatic carbocycles. The zero-order valence-electron chi connectivity index (χ0n) is 13.3. The van der Waals surface area contributed by atoms with Crippen molar-refractivity contribution < 1.29 is 0 Å². The molecule has 3 atom stereocenters. The lowest BCUT2D eigenvalue weighted by Crippen LogP contribution is -2.46. The van der Waals surface area contributed by atoms with Gasteiger partial charge < -0.3 is 10.6 Å². The van der Waals surface area contributed by atoms with Crippen LogP contribution in [0, 0.1) is 12.8 Å². The third-order valence-corrected chi connectivity index (χ3v) is 6.11. The summed E-state index contributed by atoms with van der Waals surface area (Å²) in [6.45, 7) is 4.93. The van der Waals surface area contributed by atoms with Crippen molar-refractivity contribution in [1.29, 1.82) is 0 Å². The summed E-state index contributed by atoms with van der Waals surface area (Å²) >= 11 is 6.42. The molecule has 0 aliphatic carbocycles. The van der Waals surface area contributed by atoms with Crippen LogP contribution in [-0.2, 0) is 13.0 Å². The summed E-state index contributed by atoms with van der Waals surface area (Å²) in [7, 11) is 2.27. The van der Waals surface area contributed by atoms with E-state index in [0.717, 1.165) is 41.5 Å². The molecule has 2 N–H and O–H groups in total. The number of halogens is 1. The summed E-state index contributed by atoms with van der Waals surface area (Å²) in [6.07, 6.45) is 6.02. The van der Waals surface area contributed by atoms with Gasteiger partial charge in [0.05, 0.1) is 16.4 Å². The molecule has 4 nitrogen and oxygen atoms in total. The molecule has 0 amide bonds. The van der Waals surface area contributed by atoms with Crippen molar-refractivity contribution >= 4 is 11.6 Å². The van der Waals surface area contributed by atoms with Gasteiger partial charge in [-0.2, -0.15) is 5.10 Å². The van der Waals surface area contributed by atoms with Gasteiger partial charge >= 0.3 is 0 Å². The first kappa shape index (κ1) is 15.3. The Morgan fingerprint density at radius 2 is 1.95 bits per heavy atom. The lowest BCUT2D eigenvalue weighted by molar-refractivity contribution is 0.120. The minimum Gasteiger partial charge on any atom is -0.327 e. The summed E-state index contributed by atoms with van der Waals surface area (Å²) in [5.74, 6) is 0.621. The largest absolute Gasteiger partial charge is 0.327 e. The van der Waals surface area contributed by atoms with E-state index in [1.165, 1.54) is 25.7 Å². The Morgan fingerprint density at radius 3 is 2.52 bits per heavy atom. The van der Waals surface area contributed by atoms with Gasteiger partial charge in [-0.05, 0) is 52.5 Å². The normalized spacial score (nSPS) is 30.8. The highest BCUT2D eigenvalue weighted by Gasteiger charge is 2.40. The van der Waals surface area contributed by atoms with Crippen LogP contribution >= 0.6 is 11.6 Å². The van der Waals surface area contributed by atoms with E-state index < -0.39 is 0 Å². The first-order valence-electron chi connectivity index (χ1n) is 8.20. The van der Waals surface area contributed by atoms with Crippen LogP contribution in [0.2, 0.25) is 5.02 Å². The van der Waals surface area contributed by atoms with Crippen molar-refractivity contribution in [2.24, 2.45) is 11.7 Å². The first-order valence-corrected chi connectivity index (χ1v) is 8.58. The molecule has 2 saturated heterocycles. The molecule has 5 heteroatoms. The van der Waals surface area contributed by atoms with Crippen LogP contribution in [0.5, 0.6) is 0 Å². The number of hydrogen-bond donors (Lipinski definition) is 1. The quantitative estimate of drug-likeness (QED) is 0.930. The summed E-state index contributed by atoms with van der Waals surface area (Å²) in [5, 5.41) is 5.31. The van der Waals surface area contributed by atoms with Crippen LogP contribution in [0.15, 0.2) is 0 Å². The van der Waals surface area contributed by atoms with Gasteiger partial charge in [-0.15, -0.1) is 0 Å². The molecule has 21 heavy (non-hydrogen) atoms. The molecule has 2 fully saturated rings. The maximum absolute atomic E-state index is 6.56. The highest BCUT2D eigenvalue weighted by atomic mass is 35.5. The number of fused-ring (bicyclic) bond motifs is 2. The van der Waals surface area contributed by atoms with Crippen LogP contribution in [0.4, 0.5) is 0 Å². The van der Waals surface area contributed by atoms with E-state index in [1.54, 1.807) is 0 Å². The Kier molecular flexibility index (Phi) is 4.30. The molecule has 2 aliphatic heterocycles. The number of nitrogens with two attached hydrogens (primary N) is 1. The number of aromatic nitrogens is 2. The fourth-order valence-electron chi connectivity index (χ4n) is 4.26. The molecule has 3 rings (SSSR count). The highest BCUT2D eigenvalue weighted by Crippen LogP contribution is 2.39. The molecule has 0 spiro atoms. The summed E-state index contributed by atoms with van der Waals surface area (Å²) in [5.41, 5.74) is 8.60. The Balaban J connectivity index is 1.71. The average molecular weight is 311 g/mol. The Morgan fingerprint density at radius 1 is 1.33 bits per heavy atom. The lowest BCUT2D eigenvalue weighted by Gasteiger charge is -2.38. The van der Waals surface area contributed by atoms with Crippen molar-refractivity contribution in [3.8, 4) is 0 Å². The molecule has 2 aliphatic rings. The van der Waals surface area contributed by atoms with E-state index in [4.69, 9.17) is 17.3 Å². The van der Waals surface area contributed by atoms with Gasteiger partial charge in [-0.25, -0.2) is 0 Å². The van der Waals surface area contributed by atoms with Crippen molar-refractivity contribution in [3.05, 3.63) is 16.4 Å². The van der Waals surface area contributed by atoms with E-state index in [1.807, 2.05) is 11.6 Å². The molecule has 118 valence electrons. The smallest absolute Gasteiger partial charge is 0.0847 e. The summed E-state index contributed by atoms with van der Waals surface area (Å²) < 4.78 is 2.01. The number of hydrogen-bond acceptors (Lipinski definition) is 3. The van der Waals surface area contributed by atoms with Gasteiger partial charge in [-0.3, -0.25) is 4.68 Å². The second-order valence-corrected chi connectivity index (χ2v) is 7.19. The average Bonchev–Trinajstić information content (AvgIpc) is 2.85. The highest BCUT2D eigenvalue weighted by molar-refractivity contribution is 6.31. The maximum Gasteiger partial charge on any atom is 0.0847 e. The van der Waals surface area contributed by atoms with Gasteiger partial charge in [0.2, 0.25) is 0 Å². The second kappa shape index (κ2) is 5.90. The predicted octanol–water partition coefficient (Wildman–Crippen LogP) is 2.61. The third-order valence-electron chi connectivity index (χ3n) is 5.62. The number of aryl methyl sites for hydroxylation is 2. The topological polar surface area (TPSA) is 47.1 Å². The molecule has 1 aromatic rings. The van der Waals surface area contributed by atoms with Gasteiger partial charge in [0, 0.05) is 31.1 Å². The van der Waals surface area contributed by atoms with E-state index in [-0.39, 0.29) is 6.04 Å². The van der Waals surface area contributed by atoms with Crippen LogP contribution in [0.3, 0.4) is 0 Å². The zero-order valence-corrected chi connectivity index (χ0v) is 14.1. The maximum atomic E-state index is 6.56. The summed E-state index contributed by atoms with van der Waals surface area (Å²) in [6, 6.07) is 1.68. The van der Waals surface area contributed by atoms with Crippen LogP contribution in [-0.4, -0.2) is 39.9 Å². The molecule has 1 aromatic heterocycles. The second-order valence-electron chi connectivity index (χ2n) is 6.81. The van der Waals surface area contributed by atoms with E-state index >= 15 is 0 Å². The van der Waals surface area contributed by atoms with Crippen molar-refractivity contribution in [1.82, 2.24) is 14.7 Å². The molecular weight excluding hydrogens is 284 g/mol. The van der Waals surface area contributed by atoms with Crippen molar-refractivity contribution in [3.63, 3.8) is 0 Å². The lowest BCUT2D eigenvalue weighted by atomic mass is 9.83. The van der Waals surface area contributed by atoms with Gasteiger partial charge in [0.25, 0.3) is 0 Å². The van der Waals surface area contributed by atoms with Crippen LogP contribution < -0.4 is 5.73 Å². The van der Waals surface area contributed by atoms with Crippen LogP contribution in [0.25, 0.3) is 0 Å². The van der Waals surface area contributed by atoms with E-state index in [0.29, 0.717) is 5.92 Å². The summed E-state index contributed by atoms with van der Waals surface area (Å²) in [4.78, 5) is 2.57. The Hall–Kier alpha value is -0.580. The zero-order chi connectivity index (χ0) is 15.1. The van der Waals surface area contributed by atoms with Crippen molar-refractivity contribution in [2.45, 2.75) is 70.6 Å². The molecule has 0 radical (unpaired) electrons. The predicted molar refractivity (Wildman–Crippen MR) is 86.6 cm³/mol. The fourth-order valence-corrected chi connectivity index (χ4v) is 4.47. The van der Waals surface area contributed by atoms with E-state index in [9.17, 15) is 0 Å². The minimum absolute atomic E-state index is 0.195. The molecular formula is C16H27ClN4. The SMILES string of the molecule is CCn1nc(C)c(Cl)c1CC(N)C1CC2CCC(C1)N2C. The fraction of sp³-hybridized carbons (Fsp3) is 0.812. The number of piperidine rings is 1. The van der Waals surface area contributed by atoms with Gasteiger partial charge in [-0.1, -0.05) is 11.6 Å². The standard InChI is InChI=1S/C16H27ClN4/c1-4-21-15(16(17)10(2)19-21)9-14(18)11-7-12-5-6-13(8-11)20(12)3/h11-14H,4-9,18H2,1-3H3. The minimum atomic E-state index is 0.195. The third kappa shape index (κ3) is 2.73. The molecule has 2 bridgehead atoms. The number of rotatable bonds is 4. The molecule has 3 unspecified atom stereocenters.